The monoisotopic (exact) mass is 364 g/mol. The number of thiazole rings is 1. The highest BCUT2D eigenvalue weighted by Crippen LogP contribution is 2.18. The van der Waals surface area contributed by atoms with E-state index in [4.69, 9.17) is 12.2 Å². The molecule has 8 heteroatoms. The summed E-state index contributed by atoms with van der Waals surface area (Å²) in [6.07, 6.45) is 8.71. The van der Waals surface area contributed by atoms with Crippen molar-refractivity contribution in [1.29, 1.82) is 0 Å². The van der Waals surface area contributed by atoms with E-state index in [1.807, 2.05) is 0 Å². The zero-order valence-electron chi connectivity index (χ0n) is 13.4. The number of nitrogens with one attached hydrogen (secondary N) is 1. The van der Waals surface area contributed by atoms with Gasteiger partial charge in [0.15, 0.2) is 9.60 Å². The van der Waals surface area contributed by atoms with Gasteiger partial charge in [-0.15, -0.1) is 6.58 Å². The van der Waals surface area contributed by atoms with Gasteiger partial charge in [-0.3, -0.25) is 14.2 Å². The van der Waals surface area contributed by atoms with E-state index in [-0.39, 0.29) is 24.1 Å². The number of hydrogen-bond donors (Lipinski definition) is 1. The molecule has 0 unspecified atom stereocenters. The normalized spacial score (nSPS) is 15.5. The van der Waals surface area contributed by atoms with Crippen molar-refractivity contribution < 1.29 is 4.79 Å². The molecule has 0 aliphatic heterocycles. The Morgan fingerprint density at radius 1 is 1.46 bits per heavy atom. The Kier molecular flexibility index (Phi) is 5.25. The molecule has 0 radical (unpaired) electrons. The minimum absolute atomic E-state index is 0.00953. The summed E-state index contributed by atoms with van der Waals surface area (Å²) in [6, 6.07) is 0.231. The Hall–Kier alpha value is -1.80. The zero-order chi connectivity index (χ0) is 17.1. The van der Waals surface area contributed by atoms with E-state index < -0.39 is 0 Å². The molecule has 1 aliphatic rings. The highest BCUT2D eigenvalue weighted by Gasteiger charge is 2.17. The first-order valence-corrected chi connectivity index (χ1v) is 9.31. The lowest BCUT2D eigenvalue weighted by atomic mass is 9.95. The fourth-order valence-corrected chi connectivity index (χ4v) is 4.37. The van der Waals surface area contributed by atoms with Crippen LogP contribution in [0.15, 0.2) is 23.8 Å². The smallest absolute Gasteiger partial charge is 0.273 e. The summed E-state index contributed by atoms with van der Waals surface area (Å²) in [5.74, 6) is -0.140. The Labute approximate surface area is 148 Å². The van der Waals surface area contributed by atoms with E-state index >= 15 is 0 Å². The molecule has 3 rings (SSSR count). The second-order valence-corrected chi connectivity index (χ2v) is 7.64. The van der Waals surface area contributed by atoms with Crippen LogP contribution in [0.4, 0.5) is 0 Å². The van der Waals surface area contributed by atoms with Crippen LogP contribution in [0.25, 0.3) is 10.3 Å². The Bertz CT molecular complexity index is 874. The lowest BCUT2D eigenvalue weighted by Crippen LogP contribution is -2.39. The molecule has 6 nitrogen and oxygen atoms in total. The van der Waals surface area contributed by atoms with Crippen molar-refractivity contribution in [3.63, 3.8) is 0 Å². The molecule has 0 spiro atoms. The number of carbonyl (C=O) groups excluding carboxylic acids is 1. The number of amides is 1. The van der Waals surface area contributed by atoms with Crippen LogP contribution < -0.4 is 10.9 Å². The predicted molar refractivity (Wildman–Crippen MR) is 97.9 cm³/mol. The highest BCUT2D eigenvalue weighted by atomic mass is 32.1. The van der Waals surface area contributed by atoms with Crippen LogP contribution in [0, 0.1) is 3.95 Å². The molecule has 2 heterocycles. The van der Waals surface area contributed by atoms with E-state index in [2.05, 4.69) is 16.9 Å². The first kappa shape index (κ1) is 17.0. The van der Waals surface area contributed by atoms with Crippen LogP contribution in [0.1, 0.15) is 32.1 Å². The predicted octanol–water partition coefficient (Wildman–Crippen LogP) is 2.62. The highest BCUT2D eigenvalue weighted by molar-refractivity contribution is 7.73. The third-order valence-electron chi connectivity index (χ3n) is 4.24. The number of carbonyl (C=O) groups is 1. The first-order chi connectivity index (χ1) is 11.6. The summed E-state index contributed by atoms with van der Waals surface area (Å²) in [7, 11) is 0. The molecular formula is C16H20N4O2S2. The van der Waals surface area contributed by atoms with E-state index in [0.29, 0.717) is 20.8 Å². The van der Waals surface area contributed by atoms with Crippen molar-refractivity contribution in [1.82, 2.24) is 19.4 Å². The third-order valence-corrected chi connectivity index (χ3v) is 5.67. The Balaban J connectivity index is 1.81. The van der Waals surface area contributed by atoms with Crippen molar-refractivity contribution in [3.05, 3.63) is 33.3 Å². The molecule has 1 saturated carbocycles. The summed E-state index contributed by atoms with van der Waals surface area (Å²) in [5, 5.41) is 3.02. The lowest BCUT2D eigenvalue weighted by Gasteiger charge is -2.22. The topological polar surface area (TPSA) is 68.9 Å². The Morgan fingerprint density at radius 3 is 2.92 bits per heavy atom. The number of aromatic nitrogens is 3. The largest absolute Gasteiger partial charge is 0.352 e. The van der Waals surface area contributed by atoms with Gasteiger partial charge in [0.25, 0.3) is 5.56 Å². The second kappa shape index (κ2) is 7.40. The minimum atomic E-state index is -0.224. The van der Waals surface area contributed by atoms with Gasteiger partial charge in [0.1, 0.15) is 17.6 Å². The van der Waals surface area contributed by atoms with Gasteiger partial charge in [-0.05, 0) is 25.1 Å². The van der Waals surface area contributed by atoms with E-state index in [0.717, 1.165) is 25.7 Å². The van der Waals surface area contributed by atoms with Crippen LogP contribution in [0.5, 0.6) is 0 Å². The number of fused-ring (bicyclic) bond motifs is 1. The molecule has 2 aromatic heterocycles. The van der Waals surface area contributed by atoms with Crippen molar-refractivity contribution >= 4 is 39.8 Å². The van der Waals surface area contributed by atoms with Crippen molar-refractivity contribution in [2.24, 2.45) is 0 Å². The molecule has 0 aromatic carbocycles. The van der Waals surface area contributed by atoms with Gasteiger partial charge in [-0.2, -0.15) is 0 Å². The quantitative estimate of drug-likeness (QED) is 0.654. The van der Waals surface area contributed by atoms with Crippen LogP contribution in [-0.4, -0.2) is 26.1 Å². The van der Waals surface area contributed by atoms with Gasteiger partial charge < -0.3 is 9.88 Å². The van der Waals surface area contributed by atoms with Crippen LogP contribution in [0.2, 0.25) is 0 Å². The maximum absolute atomic E-state index is 12.6. The van der Waals surface area contributed by atoms with E-state index in [9.17, 15) is 9.59 Å². The molecule has 1 amide bonds. The average Bonchev–Trinajstić information content (AvgIpc) is 2.88. The number of nitrogens with zero attached hydrogens (tertiary/aromatic N) is 3. The van der Waals surface area contributed by atoms with Gasteiger partial charge >= 0.3 is 0 Å². The molecule has 0 bridgehead atoms. The zero-order valence-corrected chi connectivity index (χ0v) is 15.0. The minimum Gasteiger partial charge on any atom is -0.352 e. The van der Waals surface area contributed by atoms with Crippen molar-refractivity contribution in [2.45, 2.75) is 51.2 Å². The average molecular weight is 364 g/mol. The molecular weight excluding hydrogens is 344 g/mol. The number of rotatable bonds is 5. The Morgan fingerprint density at radius 2 is 2.21 bits per heavy atom. The third kappa shape index (κ3) is 3.49. The second-order valence-electron chi connectivity index (χ2n) is 6.00. The standard InChI is InChI=1S/C16H20N4O2S2/c1-2-8-20-14-13(24-16(20)23)15(22)19(10-17-14)9-12(21)18-11-6-4-3-5-7-11/h2,10-11H,1,3-9H2,(H,18,21). The summed E-state index contributed by atoms with van der Waals surface area (Å²) in [6.45, 7) is 4.19. The summed E-state index contributed by atoms with van der Waals surface area (Å²) < 4.78 is 4.19. The SMILES string of the molecule is C=CCn1c(=S)sc2c(=O)n(CC(=O)NC3CCCCC3)cnc21. The van der Waals surface area contributed by atoms with Gasteiger partial charge in [-0.1, -0.05) is 36.7 Å². The molecule has 2 aromatic rings. The van der Waals surface area contributed by atoms with Gasteiger partial charge in [0.2, 0.25) is 5.91 Å². The summed E-state index contributed by atoms with van der Waals surface area (Å²) in [4.78, 5) is 29.1. The molecule has 0 atom stereocenters. The lowest BCUT2D eigenvalue weighted by molar-refractivity contribution is -0.122. The summed E-state index contributed by atoms with van der Waals surface area (Å²) >= 11 is 6.51. The maximum atomic E-state index is 12.6. The molecule has 128 valence electrons. The number of allylic oxidation sites excluding steroid dienone is 1. The van der Waals surface area contributed by atoms with Crippen LogP contribution in [0.3, 0.4) is 0 Å². The molecule has 24 heavy (non-hydrogen) atoms. The van der Waals surface area contributed by atoms with Crippen molar-refractivity contribution in [3.8, 4) is 0 Å². The fourth-order valence-electron chi connectivity index (χ4n) is 3.05. The van der Waals surface area contributed by atoms with Gasteiger partial charge in [0.05, 0.1) is 0 Å². The van der Waals surface area contributed by atoms with E-state index in [1.54, 1.807) is 10.6 Å². The van der Waals surface area contributed by atoms with Crippen LogP contribution in [-0.2, 0) is 17.9 Å². The van der Waals surface area contributed by atoms with E-state index in [1.165, 1.54) is 28.7 Å². The number of hydrogen-bond acceptors (Lipinski definition) is 5. The van der Waals surface area contributed by atoms with Gasteiger partial charge in [0, 0.05) is 12.6 Å². The van der Waals surface area contributed by atoms with Gasteiger partial charge in [-0.25, -0.2) is 4.98 Å². The molecule has 1 aliphatic carbocycles. The van der Waals surface area contributed by atoms with Crippen molar-refractivity contribution in [2.75, 3.05) is 0 Å². The van der Waals surface area contributed by atoms with Crippen LogP contribution >= 0.6 is 23.6 Å². The molecule has 1 N–H and O–H groups in total. The maximum Gasteiger partial charge on any atom is 0.273 e. The fraction of sp³-hybridized carbons (Fsp3) is 0.500. The molecule has 0 saturated heterocycles. The summed E-state index contributed by atoms with van der Waals surface area (Å²) in [5.41, 5.74) is 0.330. The molecule has 1 fully saturated rings. The first-order valence-electron chi connectivity index (χ1n) is 8.09.